The lowest BCUT2D eigenvalue weighted by molar-refractivity contribution is -0.134. The monoisotopic (exact) mass is 366 g/mol. The second-order valence-electron chi connectivity index (χ2n) is 6.89. The zero-order chi connectivity index (χ0) is 19.1. The maximum atomic E-state index is 12.6. The van der Waals surface area contributed by atoms with Crippen molar-refractivity contribution in [3.8, 4) is 5.75 Å². The topological polar surface area (TPSA) is 58.6 Å². The fourth-order valence-corrected chi connectivity index (χ4v) is 3.42. The molecule has 0 radical (unpaired) electrons. The Balaban J connectivity index is 1.52. The Labute approximate surface area is 160 Å². The molecule has 142 valence electrons. The van der Waals surface area contributed by atoms with Crippen LogP contribution in [0.1, 0.15) is 24.8 Å². The van der Waals surface area contributed by atoms with Crippen molar-refractivity contribution in [2.75, 3.05) is 25.5 Å². The van der Waals surface area contributed by atoms with Gasteiger partial charge in [-0.05, 0) is 49.1 Å². The Morgan fingerprint density at radius 3 is 2.74 bits per heavy atom. The number of para-hydroxylation sites is 1. The fraction of sp³-hybridized carbons (Fsp3) is 0.364. The van der Waals surface area contributed by atoms with Crippen molar-refractivity contribution in [3.05, 3.63) is 60.2 Å². The first-order valence-electron chi connectivity index (χ1n) is 9.42. The lowest BCUT2D eigenvalue weighted by Gasteiger charge is -2.32. The summed E-state index contributed by atoms with van der Waals surface area (Å²) in [7, 11) is 1.64. The average Bonchev–Trinajstić information content (AvgIpc) is 2.73. The summed E-state index contributed by atoms with van der Waals surface area (Å²) in [5, 5.41) is 2.95. The van der Waals surface area contributed by atoms with Crippen molar-refractivity contribution in [2.24, 2.45) is 5.92 Å². The van der Waals surface area contributed by atoms with Crippen LogP contribution in [-0.4, -0.2) is 36.9 Å². The van der Waals surface area contributed by atoms with Gasteiger partial charge in [0.2, 0.25) is 11.8 Å². The Morgan fingerprint density at radius 2 is 1.96 bits per heavy atom. The van der Waals surface area contributed by atoms with E-state index >= 15 is 0 Å². The molecule has 1 atom stereocenters. The number of carbonyl (C=O) groups excluding carboxylic acids is 2. The summed E-state index contributed by atoms with van der Waals surface area (Å²) in [5.74, 6) is 0.747. The van der Waals surface area contributed by atoms with Crippen LogP contribution >= 0.6 is 0 Å². The molecule has 2 amide bonds. The molecule has 1 aliphatic heterocycles. The third kappa shape index (κ3) is 5.33. The van der Waals surface area contributed by atoms with E-state index in [9.17, 15) is 9.59 Å². The number of anilines is 1. The summed E-state index contributed by atoms with van der Waals surface area (Å²) in [6.45, 7) is 1.22. The van der Waals surface area contributed by atoms with Gasteiger partial charge in [-0.2, -0.15) is 0 Å². The number of methoxy groups -OCH3 is 1. The summed E-state index contributed by atoms with van der Waals surface area (Å²) in [4.78, 5) is 27.0. The van der Waals surface area contributed by atoms with Gasteiger partial charge in [-0.1, -0.05) is 30.3 Å². The Kier molecular flexibility index (Phi) is 6.47. The molecule has 2 aromatic rings. The van der Waals surface area contributed by atoms with Crippen LogP contribution in [0.15, 0.2) is 54.6 Å². The highest BCUT2D eigenvalue weighted by atomic mass is 16.5. The first-order chi connectivity index (χ1) is 13.2. The van der Waals surface area contributed by atoms with Crippen molar-refractivity contribution in [1.82, 2.24) is 4.90 Å². The van der Waals surface area contributed by atoms with Crippen LogP contribution in [0.4, 0.5) is 5.69 Å². The van der Waals surface area contributed by atoms with E-state index in [1.54, 1.807) is 7.11 Å². The van der Waals surface area contributed by atoms with Gasteiger partial charge in [0.15, 0.2) is 0 Å². The van der Waals surface area contributed by atoms with Crippen molar-refractivity contribution in [2.45, 2.75) is 25.7 Å². The van der Waals surface area contributed by atoms with E-state index in [0.717, 1.165) is 36.4 Å². The molecule has 0 saturated carbocycles. The van der Waals surface area contributed by atoms with Crippen LogP contribution < -0.4 is 10.1 Å². The first kappa shape index (κ1) is 19.0. The zero-order valence-corrected chi connectivity index (χ0v) is 15.7. The molecule has 0 aromatic heterocycles. The maximum Gasteiger partial charge on any atom is 0.229 e. The molecule has 1 unspecified atom stereocenters. The maximum absolute atomic E-state index is 12.6. The van der Waals surface area contributed by atoms with E-state index in [1.807, 2.05) is 59.5 Å². The molecular weight excluding hydrogens is 340 g/mol. The minimum absolute atomic E-state index is 0.00787. The summed E-state index contributed by atoms with van der Waals surface area (Å²) in [6, 6.07) is 17.2. The molecule has 1 aliphatic rings. The number of piperidine rings is 1. The van der Waals surface area contributed by atoms with E-state index in [0.29, 0.717) is 19.4 Å². The highest BCUT2D eigenvalue weighted by molar-refractivity contribution is 5.93. The molecule has 27 heavy (non-hydrogen) atoms. The molecule has 5 heteroatoms. The SMILES string of the molecule is COc1cccc(CCC(=O)N2CCCC(C(=O)Nc3ccccc3)C2)c1. The summed E-state index contributed by atoms with van der Waals surface area (Å²) in [6.07, 6.45) is 2.80. The lowest BCUT2D eigenvalue weighted by atomic mass is 9.96. The van der Waals surface area contributed by atoms with E-state index in [4.69, 9.17) is 4.74 Å². The molecule has 0 spiro atoms. The third-order valence-corrected chi connectivity index (χ3v) is 4.95. The molecule has 1 saturated heterocycles. The Morgan fingerprint density at radius 1 is 1.15 bits per heavy atom. The Hall–Kier alpha value is -2.82. The standard InChI is InChI=1S/C22H26N2O3/c1-27-20-11-5-7-17(15-20)12-13-21(25)24-14-6-8-18(16-24)22(26)23-19-9-3-2-4-10-19/h2-5,7,9-11,15,18H,6,8,12-14,16H2,1H3,(H,23,26). The van der Waals surface area contributed by atoms with Crippen LogP contribution in [0.25, 0.3) is 0 Å². The van der Waals surface area contributed by atoms with E-state index in [2.05, 4.69) is 5.32 Å². The number of carbonyl (C=O) groups is 2. The fourth-order valence-electron chi connectivity index (χ4n) is 3.42. The van der Waals surface area contributed by atoms with Gasteiger partial charge < -0.3 is 15.0 Å². The largest absolute Gasteiger partial charge is 0.497 e. The number of nitrogens with zero attached hydrogens (tertiary/aromatic N) is 1. The van der Waals surface area contributed by atoms with Crippen LogP contribution in [0.2, 0.25) is 0 Å². The van der Waals surface area contributed by atoms with Crippen molar-refractivity contribution in [3.63, 3.8) is 0 Å². The average molecular weight is 366 g/mol. The molecule has 1 N–H and O–H groups in total. The minimum Gasteiger partial charge on any atom is -0.497 e. The number of hydrogen-bond acceptors (Lipinski definition) is 3. The van der Waals surface area contributed by atoms with Crippen molar-refractivity contribution in [1.29, 1.82) is 0 Å². The second-order valence-corrected chi connectivity index (χ2v) is 6.89. The number of aryl methyl sites for hydroxylation is 1. The smallest absolute Gasteiger partial charge is 0.229 e. The third-order valence-electron chi connectivity index (χ3n) is 4.95. The first-order valence-corrected chi connectivity index (χ1v) is 9.42. The highest BCUT2D eigenvalue weighted by Crippen LogP contribution is 2.20. The number of ether oxygens (including phenoxy) is 1. The number of amides is 2. The molecule has 5 nitrogen and oxygen atoms in total. The van der Waals surface area contributed by atoms with Gasteiger partial charge in [0.25, 0.3) is 0 Å². The molecule has 1 fully saturated rings. The zero-order valence-electron chi connectivity index (χ0n) is 15.7. The molecule has 3 rings (SSSR count). The Bertz CT molecular complexity index is 776. The van der Waals surface area contributed by atoms with Crippen LogP contribution in [0, 0.1) is 5.92 Å². The number of rotatable bonds is 6. The van der Waals surface area contributed by atoms with Gasteiger partial charge in [0.05, 0.1) is 13.0 Å². The number of benzene rings is 2. The van der Waals surface area contributed by atoms with Crippen molar-refractivity contribution < 1.29 is 14.3 Å². The van der Waals surface area contributed by atoms with E-state index < -0.39 is 0 Å². The van der Waals surface area contributed by atoms with Crippen molar-refractivity contribution >= 4 is 17.5 Å². The predicted molar refractivity (Wildman–Crippen MR) is 106 cm³/mol. The minimum atomic E-state index is -0.153. The quantitative estimate of drug-likeness (QED) is 0.851. The van der Waals surface area contributed by atoms with Crippen LogP contribution in [0.5, 0.6) is 5.75 Å². The van der Waals surface area contributed by atoms with Crippen LogP contribution in [0.3, 0.4) is 0 Å². The second kappa shape index (κ2) is 9.21. The molecule has 0 aliphatic carbocycles. The lowest BCUT2D eigenvalue weighted by Crippen LogP contribution is -2.43. The normalized spacial score (nSPS) is 16.6. The van der Waals surface area contributed by atoms with E-state index in [-0.39, 0.29) is 17.7 Å². The van der Waals surface area contributed by atoms with Gasteiger partial charge in [-0.3, -0.25) is 9.59 Å². The molecular formula is C22H26N2O3. The predicted octanol–water partition coefficient (Wildman–Crippen LogP) is 3.51. The molecule has 1 heterocycles. The number of nitrogens with one attached hydrogen (secondary N) is 1. The van der Waals surface area contributed by atoms with Crippen LogP contribution in [-0.2, 0) is 16.0 Å². The highest BCUT2D eigenvalue weighted by Gasteiger charge is 2.28. The molecule has 2 aromatic carbocycles. The van der Waals surface area contributed by atoms with Gasteiger partial charge in [0.1, 0.15) is 5.75 Å². The summed E-state index contributed by atoms with van der Waals surface area (Å²) in [5.41, 5.74) is 1.88. The van der Waals surface area contributed by atoms with Gasteiger partial charge in [-0.25, -0.2) is 0 Å². The van der Waals surface area contributed by atoms with Gasteiger partial charge in [0, 0.05) is 25.2 Å². The summed E-state index contributed by atoms with van der Waals surface area (Å²) < 4.78 is 5.23. The van der Waals surface area contributed by atoms with Gasteiger partial charge in [-0.15, -0.1) is 0 Å². The van der Waals surface area contributed by atoms with Gasteiger partial charge >= 0.3 is 0 Å². The molecule has 0 bridgehead atoms. The number of likely N-dealkylation sites (tertiary alicyclic amines) is 1. The summed E-state index contributed by atoms with van der Waals surface area (Å²) >= 11 is 0. The number of hydrogen-bond donors (Lipinski definition) is 1. The van der Waals surface area contributed by atoms with E-state index in [1.165, 1.54) is 0 Å².